The number of nitrogens with zero attached hydrogens (tertiary/aromatic N) is 3. The lowest BCUT2D eigenvalue weighted by molar-refractivity contribution is 0.881. The predicted octanol–water partition coefficient (Wildman–Crippen LogP) is 1.57. The molecule has 14 heavy (non-hydrogen) atoms. The van der Waals surface area contributed by atoms with Gasteiger partial charge in [-0.05, 0) is 18.2 Å². The minimum absolute atomic E-state index is 0.562. The van der Waals surface area contributed by atoms with E-state index in [1.54, 1.807) is 0 Å². The molecule has 0 saturated carbocycles. The summed E-state index contributed by atoms with van der Waals surface area (Å²) in [5.74, 6) is 0.643. The SMILES string of the molecule is Brc1cccc(NCc2nn[nH]n2)c1. The van der Waals surface area contributed by atoms with E-state index in [-0.39, 0.29) is 0 Å². The highest BCUT2D eigenvalue weighted by Crippen LogP contribution is 2.15. The molecule has 0 aliphatic rings. The van der Waals surface area contributed by atoms with Crippen molar-refractivity contribution in [1.82, 2.24) is 20.6 Å². The number of aromatic nitrogens is 4. The first-order valence-corrected chi connectivity index (χ1v) is 4.85. The molecule has 0 saturated heterocycles. The van der Waals surface area contributed by atoms with E-state index in [0.717, 1.165) is 10.2 Å². The summed E-state index contributed by atoms with van der Waals surface area (Å²) < 4.78 is 1.04. The van der Waals surface area contributed by atoms with Crippen molar-refractivity contribution in [2.45, 2.75) is 6.54 Å². The zero-order valence-corrected chi connectivity index (χ0v) is 8.82. The number of hydrogen-bond donors (Lipinski definition) is 2. The van der Waals surface area contributed by atoms with E-state index in [0.29, 0.717) is 12.4 Å². The van der Waals surface area contributed by atoms with Crippen LogP contribution >= 0.6 is 15.9 Å². The van der Waals surface area contributed by atoms with Crippen LogP contribution in [0.2, 0.25) is 0 Å². The standard InChI is InChI=1S/C8H8BrN5/c9-6-2-1-3-7(4-6)10-5-8-11-13-14-12-8/h1-4,10H,5H2,(H,11,12,13,14). The van der Waals surface area contributed by atoms with Crippen LogP contribution in [0.25, 0.3) is 0 Å². The quantitative estimate of drug-likeness (QED) is 0.872. The van der Waals surface area contributed by atoms with Crippen LogP contribution in [-0.2, 0) is 6.54 Å². The summed E-state index contributed by atoms with van der Waals surface area (Å²) in [6.07, 6.45) is 0. The Balaban J connectivity index is 1.98. The normalized spacial score (nSPS) is 10.1. The maximum Gasteiger partial charge on any atom is 0.193 e. The second-order valence-corrected chi connectivity index (χ2v) is 3.61. The molecule has 1 aromatic heterocycles. The van der Waals surface area contributed by atoms with Crippen molar-refractivity contribution >= 4 is 21.6 Å². The third-order valence-corrected chi connectivity index (χ3v) is 2.16. The Hall–Kier alpha value is -1.43. The summed E-state index contributed by atoms with van der Waals surface area (Å²) in [6.45, 7) is 0.562. The van der Waals surface area contributed by atoms with Gasteiger partial charge in [-0.15, -0.1) is 10.2 Å². The lowest BCUT2D eigenvalue weighted by Gasteiger charge is -2.02. The highest BCUT2D eigenvalue weighted by molar-refractivity contribution is 9.10. The maximum absolute atomic E-state index is 3.83. The van der Waals surface area contributed by atoms with Crippen molar-refractivity contribution in [1.29, 1.82) is 0 Å². The summed E-state index contributed by atoms with van der Waals surface area (Å²) in [7, 11) is 0. The van der Waals surface area contributed by atoms with Gasteiger partial charge in [0, 0.05) is 10.2 Å². The van der Waals surface area contributed by atoms with Crippen molar-refractivity contribution in [3.63, 3.8) is 0 Å². The predicted molar refractivity (Wildman–Crippen MR) is 55.6 cm³/mol. The molecule has 0 radical (unpaired) electrons. The molecule has 6 heteroatoms. The molecule has 5 nitrogen and oxygen atoms in total. The molecule has 0 unspecified atom stereocenters. The zero-order valence-electron chi connectivity index (χ0n) is 7.24. The first-order valence-electron chi connectivity index (χ1n) is 4.06. The van der Waals surface area contributed by atoms with Crippen LogP contribution in [0.15, 0.2) is 28.7 Å². The summed E-state index contributed by atoms with van der Waals surface area (Å²) in [5, 5.41) is 16.7. The smallest absolute Gasteiger partial charge is 0.193 e. The molecule has 0 amide bonds. The van der Waals surface area contributed by atoms with Gasteiger partial charge in [-0.2, -0.15) is 5.21 Å². The second kappa shape index (κ2) is 4.19. The van der Waals surface area contributed by atoms with Crippen LogP contribution in [0.5, 0.6) is 0 Å². The van der Waals surface area contributed by atoms with Gasteiger partial charge in [-0.1, -0.05) is 27.2 Å². The molecule has 0 fully saturated rings. The fourth-order valence-electron chi connectivity index (χ4n) is 1.04. The Morgan fingerprint density at radius 2 is 2.36 bits per heavy atom. The van der Waals surface area contributed by atoms with Gasteiger partial charge in [0.25, 0.3) is 0 Å². The molecule has 2 rings (SSSR count). The van der Waals surface area contributed by atoms with E-state index in [1.807, 2.05) is 24.3 Å². The van der Waals surface area contributed by atoms with Gasteiger partial charge in [0.2, 0.25) is 0 Å². The summed E-state index contributed by atoms with van der Waals surface area (Å²) in [4.78, 5) is 0. The van der Waals surface area contributed by atoms with E-state index >= 15 is 0 Å². The number of hydrogen-bond acceptors (Lipinski definition) is 4. The fraction of sp³-hybridized carbons (Fsp3) is 0.125. The topological polar surface area (TPSA) is 66.5 Å². The van der Waals surface area contributed by atoms with E-state index in [9.17, 15) is 0 Å². The highest BCUT2D eigenvalue weighted by Gasteiger charge is 1.97. The summed E-state index contributed by atoms with van der Waals surface area (Å²) >= 11 is 3.39. The molecule has 0 aliphatic carbocycles. The van der Waals surface area contributed by atoms with E-state index < -0.39 is 0 Å². The molecule has 1 aromatic carbocycles. The zero-order chi connectivity index (χ0) is 9.80. The van der Waals surface area contributed by atoms with Crippen LogP contribution in [-0.4, -0.2) is 20.6 Å². The van der Waals surface area contributed by atoms with Crippen LogP contribution in [0.4, 0.5) is 5.69 Å². The van der Waals surface area contributed by atoms with Crippen LogP contribution in [0.1, 0.15) is 5.82 Å². The number of halogens is 1. The molecule has 2 N–H and O–H groups in total. The van der Waals surface area contributed by atoms with Crippen molar-refractivity contribution in [3.05, 3.63) is 34.6 Å². The Bertz CT molecular complexity index is 400. The van der Waals surface area contributed by atoms with Gasteiger partial charge < -0.3 is 5.32 Å². The monoisotopic (exact) mass is 253 g/mol. The molecule has 0 aliphatic heterocycles. The Morgan fingerprint density at radius 3 is 3.07 bits per heavy atom. The van der Waals surface area contributed by atoms with Crippen molar-refractivity contribution in [2.75, 3.05) is 5.32 Å². The van der Waals surface area contributed by atoms with E-state index in [2.05, 4.69) is 41.9 Å². The van der Waals surface area contributed by atoms with Crippen LogP contribution in [0, 0.1) is 0 Å². The molecule has 72 valence electrons. The second-order valence-electron chi connectivity index (χ2n) is 2.69. The number of benzene rings is 1. The molecule has 0 atom stereocenters. The molecule has 0 spiro atoms. The summed E-state index contributed by atoms with van der Waals surface area (Å²) in [6, 6.07) is 7.90. The molecule has 1 heterocycles. The third kappa shape index (κ3) is 2.29. The first kappa shape index (κ1) is 9.14. The van der Waals surface area contributed by atoms with Gasteiger partial charge in [0.05, 0.1) is 6.54 Å². The first-order chi connectivity index (χ1) is 6.84. The average Bonchev–Trinajstić information content (AvgIpc) is 2.67. The van der Waals surface area contributed by atoms with Gasteiger partial charge in [0.1, 0.15) is 0 Å². The maximum atomic E-state index is 3.83. The minimum atomic E-state index is 0.562. The van der Waals surface area contributed by atoms with Crippen LogP contribution < -0.4 is 5.32 Å². The lowest BCUT2D eigenvalue weighted by atomic mass is 10.3. The largest absolute Gasteiger partial charge is 0.378 e. The van der Waals surface area contributed by atoms with Crippen molar-refractivity contribution < 1.29 is 0 Å². The van der Waals surface area contributed by atoms with Crippen molar-refractivity contribution in [2.24, 2.45) is 0 Å². The highest BCUT2D eigenvalue weighted by atomic mass is 79.9. The molecular formula is C8H8BrN5. The number of tetrazole rings is 1. The Labute approximate surface area is 89.0 Å². The molecule has 2 aromatic rings. The lowest BCUT2D eigenvalue weighted by Crippen LogP contribution is -2.01. The number of aromatic amines is 1. The average molecular weight is 254 g/mol. The summed E-state index contributed by atoms with van der Waals surface area (Å²) in [5.41, 5.74) is 1.02. The number of anilines is 1. The third-order valence-electron chi connectivity index (χ3n) is 1.66. The van der Waals surface area contributed by atoms with Crippen molar-refractivity contribution in [3.8, 4) is 0 Å². The van der Waals surface area contributed by atoms with Gasteiger partial charge >= 0.3 is 0 Å². The minimum Gasteiger partial charge on any atom is -0.378 e. The van der Waals surface area contributed by atoms with Gasteiger partial charge in [-0.25, -0.2) is 0 Å². The fourth-order valence-corrected chi connectivity index (χ4v) is 1.44. The number of nitrogens with one attached hydrogen (secondary N) is 2. The van der Waals surface area contributed by atoms with Gasteiger partial charge in [0.15, 0.2) is 5.82 Å². The Kier molecular flexibility index (Phi) is 2.73. The molecule has 0 bridgehead atoms. The number of H-pyrrole nitrogens is 1. The van der Waals surface area contributed by atoms with Gasteiger partial charge in [-0.3, -0.25) is 0 Å². The Morgan fingerprint density at radius 1 is 1.43 bits per heavy atom. The number of rotatable bonds is 3. The van der Waals surface area contributed by atoms with E-state index in [1.165, 1.54) is 0 Å². The van der Waals surface area contributed by atoms with E-state index in [4.69, 9.17) is 0 Å². The van der Waals surface area contributed by atoms with Crippen LogP contribution in [0.3, 0.4) is 0 Å². The molecular weight excluding hydrogens is 246 g/mol.